The van der Waals surface area contributed by atoms with Gasteiger partial charge in [0, 0.05) is 32.0 Å². The minimum absolute atomic E-state index is 0.0260. The van der Waals surface area contributed by atoms with Gasteiger partial charge in [0.1, 0.15) is 6.54 Å². The van der Waals surface area contributed by atoms with E-state index in [9.17, 15) is 22.8 Å². The summed E-state index contributed by atoms with van der Waals surface area (Å²) in [4.78, 5) is 25.1. The maximum Gasteiger partial charge on any atom is 0.405 e. The molecule has 0 radical (unpaired) electrons. The monoisotopic (exact) mass is 372 g/mol. The molecule has 144 valence electrons. The zero-order valence-electron chi connectivity index (χ0n) is 14.3. The van der Waals surface area contributed by atoms with Gasteiger partial charge < -0.3 is 16.0 Å². The van der Waals surface area contributed by atoms with Gasteiger partial charge in [-0.3, -0.25) is 10.1 Å². The Bertz CT molecular complexity index is 610. The summed E-state index contributed by atoms with van der Waals surface area (Å²) in [5, 5.41) is 3.50. The molecule has 2 rings (SSSR count). The lowest BCUT2D eigenvalue weighted by molar-refractivity contribution is -0.124. The largest absolute Gasteiger partial charge is 0.405 e. The molecule has 1 fully saturated rings. The summed E-state index contributed by atoms with van der Waals surface area (Å²) in [6.07, 6.45) is -4.49. The Morgan fingerprint density at radius 2 is 1.88 bits per heavy atom. The Morgan fingerprint density at radius 1 is 1.19 bits per heavy atom. The lowest BCUT2D eigenvalue weighted by atomic mass is 9.89. The molecule has 1 saturated heterocycles. The molecule has 0 unspecified atom stereocenters. The van der Waals surface area contributed by atoms with Crippen molar-refractivity contribution in [3.63, 3.8) is 0 Å². The van der Waals surface area contributed by atoms with E-state index in [2.05, 4.69) is 17.0 Å². The molecule has 0 bridgehead atoms. The van der Waals surface area contributed by atoms with Crippen LogP contribution in [0.4, 0.5) is 18.0 Å². The van der Waals surface area contributed by atoms with Crippen molar-refractivity contribution in [1.82, 2.24) is 15.5 Å². The molecule has 2 atom stereocenters. The zero-order chi connectivity index (χ0) is 19.2. The fraction of sp³-hybridized carbons (Fsp3) is 0.529. The zero-order valence-corrected chi connectivity index (χ0v) is 14.3. The maximum atomic E-state index is 12.0. The molecule has 4 N–H and O–H groups in total. The highest BCUT2D eigenvalue weighted by molar-refractivity contribution is 5.94. The molecule has 26 heavy (non-hydrogen) atoms. The van der Waals surface area contributed by atoms with E-state index in [-0.39, 0.29) is 18.3 Å². The van der Waals surface area contributed by atoms with Crippen molar-refractivity contribution in [3.05, 3.63) is 35.9 Å². The van der Waals surface area contributed by atoms with Crippen molar-refractivity contribution in [2.75, 3.05) is 32.7 Å². The van der Waals surface area contributed by atoms with Gasteiger partial charge >= 0.3 is 12.2 Å². The van der Waals surface area contributed by atoms with Crippen molar-refractivity contribution in [2.45, 2.75) is 18.5 Å². The van der Waals surface area contributed by atoms with Crippen molar-refractivity contribution in [2.24, 2.45) is 11.7 Å². The molecule has 1 aliphatic heterocycles. The number of halogens is 3. The first kappa shape index (κ1) is 20.2. The number of urea groups is 1. The molecular formula is C17H23F3N4O2. The second-order valence-corrected chi connectivity index (χ2v) is 6.37. The Hall–Kier alpha value is -2.13. The summed E-state index contributed by atoms with van der Waals surface area (Å²) in [5.74, 6) is -0.0629. The number of carbonyl (C=O) groups excluding carboxylic acids is 2. The smallest absolute Gasteiger partial charge is 0.330 e. The third kappa shape index (κ3) is 6.30. The summed E-state index contributed by atoms with van der Waals surface area (Å²) < 4.78 is 36.0. The first-order chi connectivity index (χ1) is 12.3. The summed E-state index contributed by atoms with van der Waals surface area (Å²) in [6.45, 7) is 0.957. The van der Waals surface area contributed by atoms with E-state index >= 15 is 0 Å². The number of imide groups is 1. The summed E-state index contributed by atoms with van der Waals surface area (Å²) in [6, 6.07) is 8.85. The number of nitrogens with two attached hydrogens (primary N) is 1. The van der Waals surface area contributed by atoms with Crippen LogP contribution in [0.2, 0.25) is 0 Å². The van der Waals surface area contributed by atoms with E-state index in [1.54, 1.807) is 5.32 Å². The minimum Gasteiger partial charge on any atom is -0.330 e. The van der Waals surface area contributed by atoms with Crippen LogP contribution in [0.5, 0.6) is 0 Å². The third-order valence-corrected chi connectivity index (χ3v) is 4.40. The molecule has 1 aliphatic rings. The van der Waals surface area contributed by atoms with Crippen LogP contribution in [0.3, 0.4) is 0 Å². The van der Waals surface area contributed by atoms with Crippen LogP contribution >= 0.6 is 0 Å². The number of carbonyl (C=O) groups is 2. The maximum absolute atomic E-state index is 12.0. The Kier molecular flexibility index (Phi) is 6.98. The molecular weight excluding hydrogens is 349 g/mol. The van der Waals surface area contributed by atoms with Crippen molar-refractivity contribution in [3.8, 4) is 0 Å². The van der Waals surface area contributed by atoms with Gasteiger partial charge in [-0.15, -0.1) is 0 Å². The molecule has 1 aromatic rings. The molecule has 0 aromatic heterocycles. The average molecular weight is 372 g/mol. The van der Waals surface area contributed by atoms with Gasteiger partial charge in [-0.05, 0) is 18.0 Å². The van der Waals surface area contributed by atoms with E-state index in [4.69, 9.17) is 5.73 Å². The quantitative estimate of drug-likeness (QED) is 0.705. The highest BCUT2D eigenvalue weighted by Gasteiger charge is 2.33. The molecule has 0 aliphatic carbocycles. The van der Waals surface area contributed by atoms with E-state index < -0.39 is 24.7 Å². The lowest BCUT2D eigenvalue weighted by Crippen LogP contribution is -2.44. The fourth-order valence-electron chi connectivity index (χ4n) is 3.13. The second kappa shape index (κ2) is 9.00. The van der Waals surface area contributed by atoms with Gasteiger partial charge in [0.15, 0.2) is 0 Å². The van der Waals surface area contributed by atoms with Gasteiger partial charge in [0.25, 0.3) is 0 Å². The Morgan fingerprint density at radius 3 is 2.50 bits per heavy atom. The van der Waals surface area contributed by atoms with Crippen molar-refractivity contribution in [1.29, 1.82) is 0 Å². The van der Waals surface area contributed by atoms with Crippen molar-refractivity contribution >= 4 is 11.9 Å². The first-order valence-corrected chi connectivity index (χ1v) is 8.40. The van der Waals surface area contributed by atoms with Gasteiger partial charge in [0.2, 0.25) is 5.91 Å². The molecule has 3 amide bonds. The van der Waals surface area contributed by atoms with Crippen molar-refractivity contribution < 1.29 is 22.8 Å². The molecule has 0 saturated carbocycles. The first-order valence-electron chi connectivity index (χ1n) is 8.40. The highest BCUT2D eigenvalue weighted by atomic mass is 19.4. The van der Waals surface area contributed by atoms with E-state index in [1.807, 2.05) is 23.5 Å². The molecule has 1 heterocycles. The van der Waals surface area contributed by atoms with E-state index in [0.29, 0.717) is 13.1 Å². The van der Waals surface area contributed by atoms with Gasteiger partial charge in [-0.1, -0.05) is 30.3 Å². The van der Waals surface area contributed by atoms with Crippen LogP contribution in [0.15, 0.2) is 30.3 Å². The number of nitrogens with zero attached hydrogens (tertiary/aromatic N) is 1. The number of rotatable bonds is 6. The molecule has 9 heteroatoms. The van der Waals surface area contributed by atoms with Gasteiger partial charge in [0.05, 0.1) is 0 Å². The standard InChI is InChI=1S/C17H23F3N4O2/c18-17(19,20)11-22-16(26)23-15(25)6-7-24-9-13(8-21)14(10-24)12-4-2-1-3-5-12/h1-5,13-14H,6-11,21H2,(H2,22,23,25,26)/t13-,14+/m1/s1. The fourth-order valence-corrected chi connectivity index (χ4v) is 3.13. The SMILES string of the molecule is NC[C@@H]1CN(CCC(=O)NC(=O)NCC(F)(F)F)C[C@H]1c1ccccc1. The second-order valence-electron chi connectivity index (χ2n) is 6.37. The normalized spacial score (nSPS) is 20.8. The third-order valence-electron chi connectivity index (χ3n) is 4.40. The summed E-state index contributed by atoms with van der Waals surface area (Å²) >= 11 is 0. The van der Waals surface area contributed by atoms with Crippen LogP contribution < -0.4 is 16.4 Å². The summed E-state index contributed by atoms with van der Waals surface area (Å²) in [5.41, 5.74) is 7.06. The predicted molar refractivity (Wildman–Crippen MR) is 90.4 cm³/mol. The number of nitrogens with one attached hydrogen (secondary N) is 2. The molecule has 6 nitrogen and oxygen atoms in total. The predicted octanol–water partition coefficient (Wildman–Crippen LogP) is 1.44. The van der Waals surface area contributed by atoms with Crippen LogP contribution in [0, 0.1) is 5.92 Å². The average Bonchev–Trinajstić information content (AvgIpc) is 3.02. The number of hydrogen-bond acceptors (Lipinski definition) is 4. The Labute approximate surface area is 149 Å². The summed E-state index contributed by atoms with van der Waals surface area (Å²) in [7, 11) is 0. The number of likely N-dealkylation sites (tertiary alicyclic amines) is 1. The highest BCUT2D eigenvalue weighted by Crippen LogP contribution is 2.31. The van der Waals surface area contributed by atoms with E-state index in [1.165, 1.54) is 5.56 Å². The van der Waals surface area contributed by atoms with Crippen LogP contribution in [0.1, 0.15) is 17.9 Å². The Balaban J connectivity index is 1.77. The number of amides is 3. The minimum atomic E-state index is -4.51. The van der Waals surface area contributed by atoms with E-state index in [0.717, 1.165) is 13.1 Å². The van der Waals surface area contributed by atoms with Gasteiger partial charge in [-0.2, -0.15) is 13.2 Å². The molecule has 0 spiro atoms. The number of hydrogen-bond donors (Lipinski definition) is 3. The lowest BCUT2D eigenvalue weighted by Gasteiger charge is -2.16. The van der Waals surface area contributed by atoms with Crippen LogP contribution in [0.25, 0.3) is 0 Å². The molecule has 1 aromatic carbocycles. The van der Waals surface area contributed by atoms with Crippen LogP contribution in [-0.4, -0.2) is 55.7 Å². The van der Waals surface area contributed by atoms with Gasteiger partial charge in [-0.25, -0.2) is 4.79 Å². The number of benzene rings is 1. The van der Waals surface area contributed by atoms with Crippen LogP contribution in [-0.2, 0) is 4.79 Å². The topological polar surface area (TPSA) is 87.5 Å². The number of alkyl halides is 3.